The number of hydrogen-bond acceptors (Lipinski definition) is 6. The predicted octanol–water partition coefficient (Wildman–Crippen LogP) is 2.66. The van der Waals surface area contributed by atoms with Gasteiger partial charge < -0.3 is 0 Å². The van der Waals surface area contributed by atoms with E-state index in [2.05, 4.69) is 25.8 Å². The summed E-state index contributed by atoms with van der Waals surface area (Å²) in [6, 6.07) is 11.4. The molecule has 1 N–H and O–H groups in total. The molecule has 7 nitrogen and oxygen atoms in total. The highest BCUT2D eigenvalue weighted by Gasteiger charge is 2.16. The highest BCUT2D eigenvalue weighted by molar-refractivity contribution is 7.22. The molecule has 2 heterocycles. The number of benzene rings is 2. The summed E-state index contributed by atoms with van der Waals surface area (Å²) in [7, 11) is 0. The standard InChI is InChI=1S/C15H9FN6OS/c16-9-5-6-10(12(7-9)22-8-17-20-21-22)14(23)19-15-18-11-3-1-2-4-13(11)24-15/h1-8H,(H,18,19,23). The third-order valence-corrected chi connectivity index (χ3v) is 4.27. The van der Waals surface area contributed by atoms with Crippen LogP contribution in [0.3, 0.4) is 0 Å². The summed E-state index contributed by atoms with van der Waals surface area (Å²) in [6.07, 6.45) is 1.29. The lowest BCUT2D eigenvalue weighted by molar-refractivity contribution is 0.102. The second-order valence-electron chi connectivity index (χ2n) is 4.86. The van der Waals surface area contributed by atoms with Crippen molar-refractivity contribution in [1.29, 1.82) is 0 Å². The Morgan fingerprint density at radius 3 is 2.88 bits per heavy atom. The van der Waals surface area contributed by atoms with Crippen molar-refractivity contribution in [3.05, 3.63) is 60.2 Å². The lowest BCUT2D eigenvalue weighted by Gasteiger charge is -2.08. The van der Waals surface area contributed by atoms with Crippen LogP contribution in [0.5, 0.6) is 0 Å². The van der Waals surface area contributed by atoms with E-state index >= 15 is 0 Å². The summed E-state index contributed by atoms with van der Waals surface area (Å²) in [5.41, 5.74) is 1.29. The van der Waals surface area contributed by atoms with Gasteiger partial charge in [0.05, 0.1) is 21.5 Å². The number of tetrazole rings is 1. The molecule has 0 saturated heterocycles. The molecule has 0 bridgehead atoms. The molecule has 0 fully saturated rings. The van der Waals surface area contributed by atoms with E-state index in [1.165, 1.54) is 40.5 Å². The molecule has 0 saturated carbocycles. The first-order chi connectivity index (χ1) is 11.7. The number of anilines is 1. The molecule has 4 aromatic rings. The first kappa shape index (κ1) is 14.4. The van der Waals surface area contributed by atoms with Crippen molar-refractivity contribution < 1.29 is 9.18 Å². The maximum atomic E-state index is 13.5. The number of nitrogens with zero attached hydrogens (tertiary/aromatic N) is 5. The zero-order valence-electron chi connectivity index (χ0n) is 12.0. The van der Waals surface area contributed by atoms with E-state index in [-0.39, 0.29) is 11.3 Å². The maximum absolute atomic E-state index is 13.5. The summed E-state index contributed by atoms with van der Waals surface area (Å²) in [6.45, 7) is 0. The molecule has 118 valence electrons. The Hall–Kier alpha value is -3.20. The van der Waals surface area contributed by atoms with Crippen LogP contribution in [-0.2, 0) is 0 Å². The molecule has 4 rings (SSSR count). The molecule has 0 spiro atoms. The molecule has 2 aromatic heterocycles. The van der Waals surface area contributed by atoms with Crippen LogP contribution in [-0.4, -0.2) is 31.1 Å². The molecule has 0 aliphatic heterocycles. The van der Waals surface area contributed by atoms with Gasteiger partial charge in [0.2, 0.25) is 0 Å². The highest BCUT2D eigenvalue weighted by atomic mass is 32.1. The molecule has 0 radical (unpaired) electrons. The number of aromatic nitrogens is 5. The van der Waals surface area contributed by atoms with Crippen LogP contribution in [0.15, 0.2) is 48.8 Å². The van der Waals surface area contributed by atoms with E-state index < -0.39 is 11.7 Å². The van der Waals surface area contributed by atoms with Gasteiger partial charge in [-0.1, -0.05) is 23.5 Å². The summed E-state index contributed by atoms with van der Waals surface area (Å²) in [4.78, 5) is 16.9. The third kappa shape index (κ3) is 2.61. The number of nitrogens with one attached hydrogen (secondary N) is 1. The van der Waals surface area contributed by atoms with Crippen LogP contribution in [0, 0.1) is 5.82 Å². The first-order valence-corrected chi connectivity index (χ1v) is 7.72. The van der Waals surface area contributed by atoms with Crippen molar-refractivity contribution in [3.8, 4) is 5.69 Å². The van der Waals surface area contributed by atoms with Gasteiger partial charge in [-0.2, -0.15) is 4.68 Å². The van der Waals surface area contributed by atoms with Crippen LogP contribution in [0.25, 0.3) is 15.9 Å². The van der Waals surface area contributed by atoms with Crippen molar-refractivity contribution in [2.45, 2.75) is 0 Å². The lowest BCUT2D eigenvalue weighted by atomic mass is 10.1. The smallest absolute Gasteiger partial charge is 0.259 e. The summed E-state index contributed by atoms with van der Waals surface area (Å²) in [5, 5.41) is 13.9. The van der Waals surface area contributed by atoms with Crippen LogP contribution >= 0.6 is 11.3 Å². The second-order valence-corrected chi connectivity index (χ2v) is 5.89. The van der Waals surface area contributed by atoms with E-state index in [9.17, 15) is 9.18 Å². The number of fused-ring (bicyclic) bond motifs is 1. The van der Waals surface area contributed by atoms with Crippen molar-refractivity contribution in [1.82, 2.24) is 25.2 Å². The summed E-state index contributed by atoms with van der Waals surface area (Å²) < 4.78 is 15.7. The van der Waals surface area contributed by atoms with Gasteiger partial charge in [0.15, 0.2) is 5.13 Å². The molecule has 9 heteroatoms. The second kappa shape index (κ2) is 5.78. The fourth-order valence-electron chi connectivity index (χ4n) is 2.25. The Morgan fingerprint density at radius 1 is 1.21 bits per heavy atom. The number of rotatable bonds is 3. The van der Waals surface area contributed by atoms with Crippen molar-refractivity contribution in [2.75, 3.05) is 5.32 Å². The molecular formula is C15H9FN6OS. The quantitative estimate of drug-likeness (QED) is 0.620. The Morgan fingerprint density at radius 2 is 2.08 bits per heavy atom. The Bertz CT molecular complexity index is 997. The summed E-state index contributed by atoms with van der Waals surface area (Å²) >= 11 is 1.36. The molecule has 0 aliphatic rings. The summed E-state index contributed by atoms with van der Waals surface area (Å²) in [5.74, 6) is -0.906. The van der Waals surface area contributed by atoms with E-state index in [1.54, 1.807) is 0 Å². The maximum Gasteiger partial charge on any atom is 0.259 e. The molecule has 2 aromatic carbocycles. The Kier molecular flexibility index (Phi) is 3.47. The highest BCUT2D eigenvalue weighted by Crippen LogP contribution is 2.26. The topological polar surface area (TPSA) is 85.6 Å². The van der Waals surface area contributed by atoms with E-state index in [4.69, 9.17) is 0 Å². The average molecular weight is 340 g/mol. The van der Waals surface area contributed by atoms with Gasteiger partial charge in [0.1, 0.15) is 12.1 Å². The van der Waals surface area contributed by atoms with Crippen LogP contribution in [0.2, 0.25) is 0 Å². The number of carbonyl (C=O) groups is 1. The zero-order chi connectivity index (χ0) is 16.5. The largest absolute Gasteiger partial charge is 0.298 e. The molecule has 0 unspecified atom stereocenters. The van der Waals surface area contributed by atoms with Crippen molar-refractivity contribution >= 4 is 32.6 Å². The normalized spacial score (nSPS) is 10.9. The third-order valence-electron chi connectivity index (χ3n) is 3.31. The van der Waals surface area contributed by atoms with Crippen LogP contribution in [0.4, 0.5) is 9.52 Å². The van der Waals surface area contributed by atoms with Crippen molar-refractivity contribution in [3.63, 3.8) is 0 Å². The fourth-order valence-corrected chi connectivity index (χ4v) is 3.11. The van der Waals surface area contributed by atoms with Gasteiger partial charge in [-0.15, -0.1) is 5.10 Å². The monoisotopic (exact) mass is 340 g/mol. The Balaban J connectivity index is 1.69. The minimum Gasteiger partial charge on any atom is -0.298 e. The molecule has 1 amide bonds. The lowest BCUT2D eigenvalue weighted by Crippen LogP contribution is -2.15. The number of amides is 1. The van der Waals surface area contributed by atoms with E-state index in [0.717, 1.165) is 10.2 Å². The SMILES string of the molecule is O=C(Nc1nc2ccccc2s1)c1ccc(F)cc1-n1cnnn1. The minimum atomic E-state index is -0.489. The van der Waals surface area contributed by atoms with Gasteiger partial charge in [0.25, 0.3) is 5.91 Å². The molecule has 24 heavy (non-hydrogen) atoms. The minimum absolute atomic E-state index is 0.239. The van der Waals surface area contributed by atoms with Gasteiger partial charge in [-0.3, -0.25) is 10.1 Å². The van der Waals surface area contributed by atoms with E-state index in [0.29, 0.717) is 5.13 Å². The first-order valence-electron chi connectivity index (χ1n) is 6.90. The fraction of sp³-hybridized carbons (Fsp3) is 0. The number of para-hydroxylation sites is 1. The van der Waals surface area contributed by atoms with Crippen molar-refractivity contribution in [2.24, 2.45) is 0 Å². The van der Waals surface area contributed by atoms with Crippen LogP contribution in [0.1, 0.15) is 10.4 Å². The molecule has 0 aliphatic carbocycles. The number of hydrogen-bond donors (Lipinski definition) is 1. The predicted molar refractivity (Wildman–Crippen MR) is 86.7 cm³/mol. The van der Waals surface area contributed by atoms with Gasteiger partial charge in [0, 0.05) is 6.07 Å². The zero-order valence-corrected chi connectivity index (χ0v) is 12.9. The number of thiazole rings is 1. The Labute approximate surface area is 138 Å². The van der Waals surface area contributed by atoms with Gasteiger partial charge in [-0.25, -0.2) is 9.37 Å². The average Bonchev–Trinajstić information content (AvgIpc) is 3.23. The molecule has 0 atom stereocenters. The number of halogens is 1. The molecular weight excluding hydrogens is 331 g/mol. The van der Waals surface area contributed by atoms with E-state index in [1.807, 2.05) is 24.3 Å². The van der Waals surface area contributed by atoms with Gasteiger partial charge >= 0.3 is 0 Å². The van der Waals surface area contributed by atoms with Crippen LogP contribution < -0.4 is 5.32 Å². The van der Waals surface area contributed by atoms with Gasteiger partial charge in [-0.05, 0) is 34.7 Å². The number of carbonyl (C=O) groups excluding carboxylic acids is 1.